The smallest absolute Gasteiger partial charge is 0.385 e. The molecule has 6 nitrogen and oxygen atoms in total. The minimum atomic E-state index is -2.78. The molecule has 0 bridgehead atoms. The second-order valence-corrected chi connectivity index (χ2v) is 3.21. The summed E-state index contributed by atoms with van der Waals surface area (Å²) in [5.74, 6) is -3.40. The number of carbonyl (C=O) groups excluding carboxylic acids is 1. The first-order valence-corrected chi connectivity index (χ1v) is 4.36. The van der Waals surface area contributed by atoms with Crippen LogP contribution in [-0.2, 0) is 20.9 Å². The Morgan fingerprint density at radius 1 is 1.25 bits per heavy atom. The van der Waals surface area contributed by atoms with Crippen molar-refractivity contribution in [1.82, 2.24) is 0 Å². The van der Waals surface area contributed by atoms with Gasteiger partial charge in [-0.15, -0.1) is 0 Å². The van der Waals surface area contributed by atoms with E-state index in [1.54, 1.807) is 30.3 Å². The normalized spacial score (nSPS) is 13.9. The van der Waals surface area contributed by atoms with Crippen LogP contribution in [0.1, 0.15) is 5.56 Å². The Morgan fingerprint density at radius 2 is 1.81 bits per heavy atom. The van der Waals surface area contributed by atoms with Crippen molar-refractivity contribution in [1.29, 1.82) is 0 Å². The van der Waals surface area contributed by atoms with E-state index < -0.39 is 24.0 Å². The van der Waals surface area contributed by atoms with Gasteiger partial charge in [-0.05, 0) is 5.56 Å². The van der Waals surface area contributed by atoms with Crippen molar-refractivity contribution >= 4 is 11.9 Å². The van der Waals surface area contributed by atoms with E-state index in [1.165, 1.54) is 0 Å². The molecule has 0 spiro atoms. The number of rotatable bonds is 4. The molecule has 0 saturated heterocycles. The summed E-state index contributed by atoms with van der Waals surface area (Å²) in [7, 11) is 0. The molecule has 0 aliphatic carbocycles. The second-order valence-electron chi connectivity index (χ2n) is 3.21. The van der Waals surface area contributed by atoms with Crippen LogP contribution >= 0.6 is 0 Å². The van der Waals surface area contributed by atoms with Gasteiger partial charge in [0.2, 0.25) is 0 Å². The highest BCUT2D eigenvalue weighted by Gasteiger charge is 2.46. The molecule has 1 unspecified atom stereocenters. The van der Waals surface area contributed by atoms with Crippen molar-refractivity contribution < 1.29 is 29.9 Å². The lowest BCUT2D eigenvalue weighted by Gasteiger charge is -2.18. The molecule has 16 heavy (non-hydrogen) atoms. The highest BCUT2D eigenvalue weighted by atomic mass is 17.1. The molecule has 0 aliphatic rings. The topological polar surface area (TPSA) is 104 Å². The fraction of sp³-hybridized carbons (Fsp3) is 0.200. The zero-order chi connectivity index (χ0) is 12.2. The van der Waals surface area contributed by atoms with Crippen molar-refractivity contribution in [3.05, 3.63) is 35.9 Å². The zero-order valence-electron chi connectivity index (χ0n) is 8.16. The number of carboxylic acids is 1. The summed E-state index contributed by atoms with van der Waals surface area (Å²) >= 11 is 0. The van der Waals surface area contributed by atoms with Crippen LogP contribution < -0.4 is 0 Å². The van der Waals surface area contributed by atoms with E-state index in [-0.39, 0.29) is 0 Å². The van der Waals surface area contributed by atoms with Crippen LogP contribution in [0, 0.1) is 0 Å². The number of aliphatic hydroxyl groups is 1. The van der Waals surface area contributed by atoms with Crippen LogP contribution in [0.4, 0.5) is 0 Å². The minimum absolute atomic E-state index is 0.429. The molecule has 1 atom stereocenters. The Balaban J connectivity index is 2.97. The molecule has 1 aromatic rings. The van der Waals surface area contributed by atoms with Crippen molar-refractivity contribution in [2.45, 2.75) is 12.0 Å². The Morgan fingerprint density at radius 3 is 2.25 bits per heavy atom. The summed E-state index contributed by atoms with van der Waals surface area (Å²) < 4.78 is 0. The largest absolute Gasteiger partial charge is 0.479 e. The van der Waals surface area contributed by atoms with Crippen LogP contribution in [0.25, 0.3) is 0 Å². The molecule has 0 radical (unpaired) electrons. The average molecular weight is 226 g/mol. The quantitative estimate of drug-likeness (QED) is 0.381. The van der Waals surface area contributed by atoms with Gasteiger partial charge in [-0.1, -0.05) is 30.3 Å². The molecule has 0 aliphatic heterocycles. The van der Waals surface area contributed by atoms with Gasteiger partial charge in [-0.3, -0.25) is 4.89 Å². The van der Waals surface area contributed by atoms with Gasteiger partial charge < -0.3 is 10.2 Å². The van der Waals surface area contributed by atoms with Gasteiger partial charge in [0.15, 0.2) is 0 Å². The number of carboxylic acid groups (broad SMARTS) is 1. The van der Waals surface area contributed by atoms with E-state index >= 15 is 0 Å². The van der Waals surface area contributed by atoms with Crippen LogP contribution in [-0.4, -0.2) is 33.0 Å². The summed E-state index contributed by atoms with van der Waals surface area (Å²) in [5, 5.41) is 26.4. The predicted molar refractivity (Wildman–Crippen MR) is 51.5 cm³/mol. The highest BCUT2D eigenvalue weighted by Crippen LogP contribution is 2.15. The fourth-order valence-electron chi connectivity index (χ4n) is 1.20. The molecule has 0 amide bonds. The van der Waals surface area contributed by atoms with Gasteiger partial charge in [-0.2, -0.15) is 5.26 Å². The van der Waals surface area contributed by atoms with E-state index in [0.29, 0.717) is 5.56 Å². The summed E-state index contributed by atoms with van der Waals surface area (Å²) in [6, 6.07) is 8.04. The monoisotopic (exact) mass is 226 g/mol. The Hall–Kier alpha value is -1.92. The summed E-state index contributed by atoms with van der Waals surface area (Å²) in [5.41, 5.74) is -2.35. The van der Waals surface area contributed by atoms with E-state index in [2.05, 4.69) is 4.89 Å². The van der Waals surface area contributed by atoms with Gasteiger partial charge in [-0.25, -0.2) is 9.59 Å². The van der Waals surface area contributed by atoms with E-state index in [0.717, 1.165) is 0 Å². The van der Waals surface area contributed by atoms with Gasteiger partial charge in [0.25, 0.3) is 5.60 Å². The molecule has 0 heterocycles. The number of hydrogen-bond donors (Lipinski definition) is 3. The first-order valence-electron chi connectivity index (χ1n) is 4.36. The average Bonchev–Trinajstić information content (AvgIpc) is 2.28. The fourth-order valence-corrected chi connectivity index (χ4v) is 1.20. The SMILES string of the molecule is O=C(O)C(O)(Cc1ccccc1)C(=O)OO. The number of carbonyl (C=O) groups is 2. The van der Waals surface area contributed by atoms with E-state index in [4.69, 9.17) is 10.4 Å². The third-order valence-electron chi connectivity index (χ3n) is 2.08. The number of aliphatic carboxylic acids is 1. The van der Waals surface area contributed by atoms with E-state index in [9.17, 15) is 14.7 Å². The summed E-state index contributed by atoms with van der Waals surface area (Å²) in [6.07, 6.45) is -0.484. The summed E-state index contributed by atoms with van der Waals surface area (Å²) in [6.45, 7) is 0. The third-order valence-corrected chi connectivity index (χ3v) is 2.08. The van der Waals surface area contributed by atoms with Crippen LogP contribution in [0.3, 0.4) is 0 Å². The maximum absolute atomic E-state index is 11.0. The van der Waals surface area contributed by atoms with Crippen molar-refractivity contribution in [3.8, 4) is 0 Å². The molecule has 0 aromatic heterocycles. The molecule has 1 aromatic carbocycles. The predicted octanol–water partition coefficient (Wildman–Crippen LogP) is 0.0610. The molecule has 86 valence electrons. The van der Waals surface area contributed by atoms with Gasteiger partial charge in [0.1, 0.15) is 0 Å². The summed E-state index contributed by atoms with van der Waals surface area (Å²) in [4.78, 5) is 25.0. The second kappa shape index (κ2) is 4.73. The molecule has 0 fully saturated rings. The van der Waals surface area contributed by atoms with Crippen LogP contribution in [0.2, 0.25) is 0 Å². The molecular formula is C10H10O6. The van der Waals surface area contributed by atoms with Crippen molar-refractivity contribution in [2.24, 2.45) is 0 Å². The molecule has 3 N–H and O–H groups in total. The first kappa shape index (κ1) is 12.2. The lowest BCUT2D eigenvalue weighted by Crippen LogP contribution is -2.49. The molecule has 1 rings (SSSR count). The Labute approximate surface area is 90.6 Å². The van der Waals surface area contributed by atoms with Gasteiger partial charge >= 0.3 is 11.9 Å². The minimum Gasteiger partial charge on any atom is -0.479 e. The number of hydrogen-bond acceptors (Lipinski definition) is 5. The lowest BCUT2D eigenvalue weighted by molar-refractivity contribution is -0.252. The van der Waals surface area contributed by atoms with Crippen LogP contribution in [0.15, 0.2) is 30.3 Å². The van der Waals surface area contributed by atoms with E-state index in [1.807, 2.05) is 0 Å². The Kier molecular flexibility index (Phi) is 3.60. The Bertz CT molecular complexity index is 388. The molecular weight excluding hydrogens is 216 g/mol. The lowest BCUT2D eigenvalue weighted by atomic mass is 9.95. The van der Waals surface area contributed by atoms with Gasteiger partial charge in [0.05, 0.1) is 0 Å². The maximum Gasteiger partial charge on any atom is 0.385 e. The van der Waals surface area contributed by atoms with Crippen molar-refractivity contribution in [3.63, 3.8) is 0 Å². The molecule has 6 heteroatoms. The van der Waals surface area contributed by atoms with Gasteiger partial charge in [0, 0.05) is 6.42 Å². The van der Waals surface area contributed by atoms with Crippen molar-refractivity contribution in [2.75, 3.05) is 0 Å². The zero-order valence-corrected chi connectivity index (χ0v) is 8.16. The first-order chi connectivity index (χ1) is 7.50. The third kappa shape index (κ3) is 2.36. The maximum atomic E-state index is 11.0. The standard InChI is InChI=1S/C10H10O6/c11-8(12)10(14,9(13)16-15)6-7-4-2-1-3-5-7/h1-5,14-15H,6H2,(H,11,12). The molecule has 0 saturated carbocycles. The van der Waals surface area contributed by atoms with Crippen LogP contribution in [0.5, 0.6) is 0 Å². The highest BCUT2D eigenvalue weighted by molar-refractivity contribution is 6.02. The number of benzene rings is 1.